The summed E-state index contributed by atoms with van der Waals surface area (Å²) in [6.07, 6.45) is 0. The maximum absolute atomic E-state index is 12.3. The molecule has 8 heteroatoms. The molecule has 0 fully saturated rings. The summed E-state index contributed by atoms with van der Waals surface area (Å²) in [5.41, 5.74) is 1.69. The van der Waals surface area contributed by atoms with Crippen molar-refractivity contribution >= 4 is 29.2 Å². The Morgan fingerprint density at radius 3 is 2.07 bits per heavy atom. The predicted molar refractivity (Wildman–Crippen MR) is 109 cm³/mol. The molecule has 0 saturated carbocycles. The van der Waals surface area contributed by atoms with Gasteiger partial charge in [0.1, 0.15) is 5.75 Å². The molecule has 8 nitrogen and oxygen atoms in total. The number of benzene rings is 2. The van der Waals surface area contributed by atoms with Gasteiger partial charge in [0.15, 0.2) is 11.6 Å². The van der Waals surface area contributed by atoms with Crippen LogP contribution in [0.4, 0.5) is 17.3 Å². The minimum absolute atomic E-state index is 0.294. The molecule has 148 valence electrons. The van der Waals surface area contributed by atoms with Crippen LogP contribution in [0.5, 0.6) is 5.75 Å². The lowest BCUT2D eigenvalue weighted by Crippen LogP contribution is -2.13. The van der Waals surface area contributed by atoms with Gasteiger partial charge in [-0.3, -0.25) is 4.79 Å². The van der Waals surface area contributed by atoms with Crippen molar-refractivity contribution in [2.75, 3.05) is 24.4 Å². The van der Waals surface area contributed by atoms with Crippen molar-refractivity contribution in [3.05, 3.63) is 71.8 Å². The van der Waals surface area contributed by atoms with Gasteiger partial charge in [0.25, 0.3) is 5.91 Å². The number of carbonyl (C=O) groups is 2. The zero-order chi connectivity index (χ0) is 20.6. The lowest BCUT2D eigenvalue weighted by molar-refractivity contribution is 0.0526. The molecular formula is C21H20N4O4. The van der Waals surface area contributed by atoms with Gasteiger partial charge in [-0.05, 0) is 67.6 Å². The third-order valence-corrected chi connectivity index (χ3v) is 3.93. The number of carbonyl (C=O) groups excluding carboxylic acids is 2. The Bertz CT molecular complexity index is 971. The standard InChI is InChI=1S/C21H20N4O4/c1-3-29-21(27)15-4-8-16(9-5-15)22-18-12-13-19(25-24-18)23-20(26)14-6-10-17(28-2)11-7-14/h4-13H,3H2,1-2H3,(H,22,24)(H,23,25,26). The predicted octanol–water partition coefficient (Wildman–Crippen LogP) is 3.66. The fourth-order valence-electron chi connectivity index (χ4n) is 2.45. The largest absolute Gasteiger partial charge is 0.497 e. The second-order valence-electron chi connectivity index (χ2n) is 5.91. The Hall–Kier alpha value is -3.94. The van der Waals surface area contributed by atoms with Crippen molar-refractivity contribution in [1.82, 2.24) is 10.2 Å². The van der Waals surface area contributed by atoms with Crippen molar-refractivity contribution in [2.24, 2.45) is 0 Å². The van der Waals surface area contributed by atoms with Gasteiger partial charge in [0.2, 0.25) is 0 Å². The second-order valence-corrected chi connectivity index (χ2v) is 5.91. The van der Waals surface area contributed by atoms with Crippen LogP contribution >= 0.6 is 0 Å². The number of nitrogens with zero attached hydrogens (tertiary/aromatic N) is 2. The van der Waals surface area contributed by atoms with Crippen molar-refractivity contribution in [2.45, 2.75) is 6.92 Å². The maximum atomic E-state index is 12.3. The molecular weight excluding hydrogens is 372 g/mol. The highest BCUT2D eigenvalue weighted by Gasteiger charge is 2.09. The van der Waals surface area contributed by atoms with E-state index in [0.717, 1.165) is 5.69 Å². The Morgan fingerprint density at radius 1 is 0.862 bits per heavy atom. The average Bonchev–Trinajstić information content (AvgIpc) is 2.76. The maximum Gasteiger partial charge on any atom is 0.338 e. The highest BCUT2D eigenvalue weighted by Crippen LogP contribution is 2.17. The fraction of sp³-hybridized carbons (Fsp3) is 0.143. The molecule has 0 bridgehead atoms. The summed E-state index contributed by atoms with van der Waals surface area (Å²) in [6, 6.07) is 16.9. The SMILES string of the molecule is CCOC(=O)c1ccc(Nc2ccc(NC(=O)c3ccc(OC)cc3)nn2)cc1. The number of amides is 1. The highest BCUT2D eigenvalue weighted by molar-refractivity contribution is 6.03. The lowest BCUT2D eigenvalue weighted by atomic mass is 10.2. The van der Waals surface area contributed by atoms with Gasteiger partial charge >= 0.3 is 5.97 Å². The smallest absolute Gasteiger partial charge is 0.338 e. The second kappa shape index (κ2) is 9.32. The Balaban J connectivity index is 1.59. The molecule has 0 aliphatic heterocycles. The van der Waals surface area contributed by atoms with Crippen molar-refractivity contribution in [1.29, 1.82) is 0 Å². The molecule has 0 unspecified atom stereocenters. The average molecular weight is 392 g/mol. The number of rotatable bonds is 7. The first-order valence-electron chi connectivity index (χ1n) is 8.92. The molecule has 0 atom stereocenters. The van der Waals surface area contributed by atoms with Crippen molar-refractivity contribution in [3.63, 3.8) is 0 Å². The number of anilines is 3. The number of aromatic nitrogens is 2. The van der Waals surface area contributed by atoms with Crippen molar-refractivity contribution in [3.8, 4) is 5.75 Å². The summed E-state index contributed by atoms with van der Waals surface area (Å²) < 4.78 is 10.0. The van der Waals surface area contributed by atoms with E-state index in [1.165, 1.54) is 0 Å². The van der Waals surface area contributed by atoms with Gasteiger partial charge in [-0.2, -0.15) is 0 Å². The zero-order valence-electron chi connectivity index (χ0n) is 16.0. The molecule has 1 heterocycles. The lowest BCUT2D eigenvalue weighted by Gasteiger charge is -2.08. The first-order valence-corrected chi connectivity index (χ1v) is 8.92. The third kappa shape index (κ3) is 5.29. The van der Waals surface area contributed by atoms with Crippen LogP contribution in [-0.4, -0.2) is 35.8 Å². The van der Waals surface area contributed by atoms with Crippen LogP contribution in [0, 0.1) is 0 Å². The normalized spacial score (nSPS) is 10.1. The Labute approximate surface area is 167 Å². The molecule has 1 amide bonds. The molecule has 0 saturated heterocycles. The molecule has 0 radical (unpaired) electrons. The van der Waals surface area contributed by atoms with E-state index in [1.807, 2.05) is 0 Å². The number of hydrogen-bond donors (Lipinski definition) is 2. The minimum Gasteiger partial charge on any atom is -0.497 e. The van der Waals surface area contributed by atoms with Gasteiger partial charge in [-0.15, -0.1) is 10.2 Å². The summed E-state index contributed by atoms with van der Waals surface area (Å²) in [4.78, 5) is 23.9. The van der Waals surface area contributed by atoms with Crippen LogP contribution in [0.3, 0.4) is 0 Å². The molecule has 2 aromatic carbocycles. The first-order chi connectivity index (χ1) is 14.1. The van der Waals surface area contributed by atoms with Gasteiger partial charge in [-0.1, -0.05) is 0 Å². The fourth-order valence-corrected chi connectivity index (χ4v) is 2.45. The van der Waals surface area contributed by atoms with Crippen LogP contribution in [0.25, 0.3) is 0 Å². The Morgan fingerprint density at radius 2 is 1.48 bits per heavy atom. The van der Waals surface area contributed by atoms with Crippen LogP contribution in [0.15, 0.2) is 60.7 Å². The molecule has 0 aliphatic rings. The van der Waals surface area contributed by atoms with E-state index in [9.17, 15) is 9.59 Å². The summed E-state index contributed by atoms with van der Waals surface area (Å²) >= 11 is 0. The van der Waals surface area contributed by atoms with Gasteiger partial charge in [0.05, 0.1) is 19.3 Å². The van der Waals surface area contributed by atoms with E-state index in [4.69, 9.17) is 9.47 Å². The number of esters is 1. The number of nitrogens with one attached hydrogen (secondary N) is 2. The molecule has 29 heavy (non-hydrogen) atoms. The number of ether oxygens (including phenoxy) is 2. The van der Waals surface area contributed by atoms with E-state index in [1.54, 1.807) is 74.7 Å². The Kier molecular flexibility index (Phi) is 6.36. The van der Waals surface area contributed by atoms with Crippen LogP contribution in [0.1, 0.15) is 27.6 Å². The van der Waals surface area contributed by atoms with E-state index in [-0.39, 0.29) is 11.9 Å². The molecule has 3 rings (SSSR count). The number of methoxy groups -OCH3 is 1. The first kappa shape index (κ1) is 19.8. The summed E-state index contributed by atoms with van der Waals surface area (Å²) in [7, 11) is 1.56. The molecule has 3 aromatic rings. The van der Waals surface area contributed by atoms with Crippen LogP contribution < -0.4 is 15.4 Å². The molecule has 2 N–H and O–H groups in total. The van der Waals surface area contributed by atoms with Gasteiger partial charge in [0, 0.05) is 11.3 Å². The van der Waals surface area contributed by atoms with E-state index >= 15 is 0 Å². The van der Waals surface area contributed by atoms with Crippen LogP contribution in [0.2, 0.25) is 0 Å². The van der Waals surface area contributed by atoms with Crippen molar-refractivity contribution < 1.29 is 19.1 Å². The summed E-state index contributed by atoms with van der Waals surface area (Å²) in [5, 5.41) is 13.8. The molecule has 1 aromatic heterocycles. The highest BCUT2D eigenvalue weighted by atomic mass is 16.5. The minimum atomic E-state index is -0.365. The monoisotopic (exact) mass is 392 g/mol. The van der Waals surface area contributed by atoms with E-state index in [2.05, 4.69) is 20.8 Å². The molecule has 0 spiro atoms. The topological polar surface area (TPSA) is 102 Å². The molecule has 0 aliphatic carbocycles. The van der Waals surface area contributed by atoms with E-state index < -0.39 is 0 Å². The van der Waals surface area contributed by atoms with E-state index in [0.29, 0.717) is 35.1 Å². The van der Waals surface area contributed by atoms with Gasteiger partial charge < -0.3 is 20.1 Å². The van der Waals surface area contributed by atoms with Crippen LogP contribution in [-0.2, 0) is 4.74 Å². The number of hydrogen-bond acceptors (Lipinski definition) is 7. The quantitative estimate of drug-likeness (QED) is 0.592. The summed E-state index contributed by atoms with van der Waals surface area (Å²) in [6.45, 7) is 2.09. The summed E-state index contributed by atoms with van der Waals surface area (Å²) in [5.74, 6) is 0.838. The van der Waals surface area contributed by atoms with Gasteiger partial charge in [-0.25, -0.2) is 4.79 Å². The zero-order valence-corrected chi connectivity index (χ0v) is 16.0. The third-order valence-electron chi connectivity index (χ3n) is 3.93.